The van der Waals surface area contributed by atoms with Crippen LogP contribution in [-0.4, -0.2) is 15.5 Å². The largest absolute Gasteiger partial charge is 0.495 e. The Kier molecular flexibility index (Phi) is 3.92. The van der Waals surface area contributed by atoms with Crippen molar-refractivity contribution < 1.29 is 21.8 Å². The number of furan rings is 1. The molecule has 0 saturated heterocycles. The van der Waals surface area contributed by atoms with Crippen LogP contribution in [0.1, 0.15) is 24.2 Å². The second-order valence-electron chi connectivity index (χ2n) is 6.06. The zero-order valence-corrected chi connectivity index (χ0v) is 14.6. The third kappa shape index (κ3) is 2.87. The van der Waals surface area contributed by atoms with E-state index in [-0.39, 0.29) is 16.4 Å². The summed E-state index contributed by atoms with van der Waals surface area (Å²) in [5, 5.41) is 0.933. The van der Waals surface area contributed by atoms with E-state index in [0.29, 0.717) is 0 Å². The van der Waals surface area contributed by atoms with Crippen LogP contribution in [0, 0.1) is 0 Å². The number of para-hydroxylation sites is 1. The average Bonchev–Trinajstić information content (AvgIpc) is 2.99. The molecule has 0 amide bonds. The Balaban J connectivity index is 1.72. The fraction of sp³-hybridized carbons (Fsp3) is 0.263. The lowest BCUT2D eigenvalue weighted by molar-refractivity contribution is 0.398. The Labute approximate surface area is 146 Å². The molecule has 25 heavy (non-hydrogen) atoms. The van der Waals surface area contributed by atoms with Gasteiger partial charge in [-0.1, -0.05) is 12.1 Å². The second-order valence-corrected chi connectivity index (χ2v) is 7.57. The molecule has 0 spiro atoms. The smallest absolute Gasteiger partial charge is 0.342 e. The molecule has 1 aliphatic rings. The number of fused-ring (bicyclic) bond motifs is 3. The van der Waals surface area contributed by atoms with Gasteiger partial charge >= 0.3 is 10.1 Å². The molecule has 0 bridgehead atoms. The van der Waals surface area contributed by atoms with E-state index < -0.39 is 10.1 Å². The van der Waals surface area contributed by atoms with E-state index in [1.807, 2.05) is 0 Å². The van der Waals surface area contributed by atoms with Crippen LogP contribution >= 0.6 is 0 Å². The van der Waals surface area contributed by atoms with Gasteiger partial charge in [0, 0.05) is 17.4 Å². The van der Waals surface area contributed by atoms with Crippen molar-refractivity contribution in [3.63, 3.8) is 0 Å². The minimum atomic E-state index is -3.98. The van der Waals surface area contributed by atoms with Crippen LogP contribution < -0.4 is 8.92 Å². The molecule has 0 radical (unpaired) electrons. The summed E-state index contributed by atoms with van der Waals surface area (Å²) in [5.74, 6) is 1.53. The van der Waals surface area contributed by atoms with Crippen molar-refractivity contribution in [2.45, 2.75) is 30.6 Å². The van der Waals surface area contributed by atoms with E-state index >= 15 is 0 Å². The first-order valence-electron chi connectivity index (χ1n) is 8.20. The number of methoxy groups -OCH3 is 1. The van der Waals surface area contributed by atoms with Crippen molar-refractivity contribution >= 4 is 21.1 Å². The summed E-state index contributed by atoms with van der Waals surface area (Å²) in [6, 6.07) is 11.5. The van der Waals surface area contributed by atoms with Gasteiger partial charge in [0.1, 0.15) is 27.7 Å². The molecular weight excluding hydrogens is 340 g/mol. The van der Waals surface area contributed by atoms with Gasteiger partial charge in [-0.25, -0.2) is 0 Å². The van der Waals surface area contributed by atoms with Crippen molar-refractivity contribution in [3.05, 3.63) is 53.8 Å². The van der Waals surface area contributed by atoms with E-state index in [4.69, 9.17) is 13.3 Å². The molecule has 6 heteroatoms. The van der Waals surface area contributed by atoms with Gasteiger partial charge in [0.25, 0.3) is 0 Å². The number of aryl methyl sites for hydroxylation is 2. The number of ether oxygens (including phenoxy) is 1. The predicted octanol–water partition coefficient (Wildman–Crippen LogP) is 4.09. The van der Waals surface area contributed by atoms with E-state index in [1.165, 1.54) is 18.7 Å². The van der Waals surface area contributed by atoms with Crippen LogP contribution in [0.2, 0.25) is 0 Å². The van der Waals surface area contributed by atoms with Crippen LogP contribution in [0.5, 0.6) is 11.5 Å². The molecule has 0 atom stereocenters. The molecule has 4 rings (SSSR count). The first-order valence-corrected chi connectivity index (χ1v) is 9.61. The zero-order valence-electron chi connectivity index (χ0n) is 13.8. The Bertz CT molecular complexity index is 1030. The first kappa shape index (κ1) is 16.0. The maximum Gasteiger partial charge on any atom is 0.342 e. The number of rotatable bonds is 4. The zero-order chi connectivity index (χ0) is 17.4. The molecule has 0 saturated carbocycles. The molecule has 5 nitrogen and oxygen atoms in total. The average molecular weight is 358 g/mol. The van der Waals surface area contributed by atoms with Crippen molar-refractivity contribution in [2.75, 3.05) is 7.11 Å². The van der Waals surface area contributed by atoms with E-state index in [0.717, 1.165) is 42.4 Å². The maximum atomic E-state index is 12.6. The molecule has 0 unspecified atom stereocenters. The summed E-state index contributed by atoms with van der Waals surface area (Å²) in [4.78, 5) is 0.00631. The molecule has 0 fully saturated rings. The van der Waals surface area contributed by atoms with Gasteiger partial charge < -0.3 is 13.3 Å². The summed E-state index contributed by atoms with van der Waals surface area (Å²) in [7, 11) is -2.56. The van der Waals surface area contributed by atoms with Crippen LogP contribution in [-0.2, 0) is 23.0 Å². The molecule has 130 valence electrons. The third-order valence-electron chi connectivity index (χ3n) is 4.47. The van der Waals surface area contributed by atoms with Crippen LogP contribution in [0.3, 0.4) is 0 Å². The number of hydrogen-bond acceptors (Lipinski definition) is 5. The fourth-order valence-electron chi connectivity index (χ4n) is 3.29. The number of benzene rings is 2. The molecular formula is C19H18O5S. The van der Waals surface area contributed by atoms with Crippen molar-refractivity contribution in [1.82, 2.24) is 0 Å². The maximum absolute atomic E-state index is 12.6. The Hall–Kier alpha value is -2.47. The summed E-state index contributed by atoms with van der Waals surface area (Å²) in [6.45, 7) is 0. The predicted molar refractivity (Wildman–Crippen MR) is 93.7 cm³/mol. The molecule has 1 aliphatic carbocycles. The van der Waals surface area contributed by atoms with E-state index in [2.05, 4.69) is 0 Å². The van der Waals surface area contributed by atoms with Gasteiger partial charge in [-0.3, -0.25) is 0 Å². The molecule has 0 aliphatic heterocycles. The minimum absolute atomic E-state index is 0.00631. The van der Waals surface area contributed by atoms with Gasteiger partial charge in [-0.2, -0.15) is 8.42 Å². The highest BCUT2D eigenvalue weighted by molar-refractivity contribution is 7.87. The molecule has 1 aromatic heterocycles. The summed E-state index contributed by atoms with van der Waals surface area (Å²) in [5.41, 5.74) is 1.94. The highest BCUT2D eigenvalue weighted by Crippen LogP contribution is 2.35. The van der Waals surface area contributed by atoms with Gasteiger partial charge in [0.15, 0.2) is 0 Å². The van der Waals surface area contributed by atoms with Gasteiger partial charge in [-0.05, 0) is 49.6 Å². The van der Waals surface area contributed by atoms with Crippen molar-refractivity contribution in [3.8, 4) is 11.5 Å². The normalized spacial score (nSPS) is 14.3. The van der Waals surface area contributed by atoms with Crippen LogP contribution in [0.25, 0.3) is 11.0 Å². The van der Waals surface area contributed by atoms with Crippen molar-refractivity contribution in [1.29, 1.82) is 0 Å². The fourth-order valence-corrected chi connectivity index (χ4v) is 4.38. The van der Waals surface area contributed by atoms with Crippen LogP contribution in [0.15, 0.2) is 51.8 Å². The van der Waals surface area contributed by atoms with E-state index in [9.17, 15) is 8.42 Å². The first-order chi connectivity index (χ1) is 12.1. The lowest BCUT2D eigenvalue weighted by Gasteiger charge is -2.11. The molecule has 3 aromatic rings. The quantitative estimate of drug-likeness (QED) is 0.657. The minimum Gasteiger partial charge on any atom is -0.495 e. The Morgan fingerprint density at radius 3 is 2.68 bits per heavy atom. The standard InChI is InChI=1S/C19H18O5S/c1-22-18-8-4-5-9-19(18)25(20,21)24-13-10-11-17-15(12-13)14-6-2-3-7-16(14)23-17/h4-5,8-12H,2-3,6-7H2,1H3. The summed E-state index contributed by atoms with van der Waals surface area (Å²) >= 11 is 0. The van der Waals surface area contributed by atoms with Gasteiger partial charge in [-0.15, -0.1) is 0 Å². The van der Waals surface area contributed by atoms with Gasteiger partial charge in [0.05, 0.1) is 7.11 Å². The third-order valence-corrected chi connectivity index (χ3v) is 5.76. The Morgan fingerprint density at radius 2 is 1.84 bits per heavy atom. The summed E-state index contributed by atoms with van der Waals surface area (Å²) < 4.78 is 41.6. The topological polar surface area (TPSA) is 65.7 Å². The lowest BCUT2D eigenvalue weighted by Crippen LogP contribution is -2.11. The molecule has 0 N–H and O–H groups in total. The molecule has 2 aromatic carbocycles. The highest BCUT2D eigenvalue weighted by atomic mass is 32.2. The SMILES string of the molecule is COc1ccccc1S(=O)(=O)Oc1ccc2oc3c(c2c1)CCCC3. The monoisotopic (exact) mass is 358 g/mol. The second kappa shape index (κ2) is 6.11. The summed E-state index contributed by atoms with van der Waals surface area (Å²) in [6.07, 6.45) is 4.12. The van der Waals surface area contributed by atoms with Crippen molar-refractivity contribution in [2.24, 2.45) is 0 Å². The number of hydrogen-bond donors (Lipinski definition) is 0. The van der Waals surface area contributed by atoms with Gasteiger partial charge in [0.2, 0.25) is 0 Å². The van der Waals surface area contributed by atoms with E-state index in [1.54, 1.807) is 36.4 Å². The van der Waals surface area contributed by atoms with Crippen LogP contribution in [0.4, 0.5) is 0 Å². The molecule has 1 heterocycles. The lowest BCUT2D eigenvalue weighted by atomic mass is 9.96. The Morgan fingerprint density at radius 1 is 1.04 bits per heavy atom. The highest BCUT2D eigenvalue weighted by Gasteiger charge is 2.23.